The Morgan fingerprint density at radius 2 is 1.77 bits per heavy atom. The van der Waals surface area contributed by atoms with Crippen LogP contribution in [-0.4, -0.2) is 67.6 Å². The summed E-state index contributed by atoms with van der Waals surface area (Å²) in [6.07, 6.45) is 5.44. The first-order chi connectivity index (χ1) is 15.1. The maximum Gasteiger partial charge on any atom is 0.317 e. The predicted molar refractivity (Wildman–Crippen MR) is 120 cm³/mol. The number of carbonyl (C=O) groups is 2. The van der Waals surface area contributed by atoms with Gasteiger partial charge < -0.3 is 20.4 Å². The zero-order valence-electron chi connectivity index (χ0n) is 18.6. The molecule has 31 heavy (non-hydrogen) atoms. The van der Waals surface area contributed by atoms with Crippen LogP contribution in [0.5, 0.6) is 0 Å². The number of amides is 3. The van der Waals surface area contributed by atoms with Gasteiger partial charge in [-0.1, -0.05) is 19.1 Å². The monoisotopic (exact) mass is 425 g/mol. The van der Waals surface area contributed by atoms with Gasteiger partial charge in [0.05, 0.1) is 18.2 Å². The molecule has 2 aliphatic rings. The molecule has 2 aliphatic heterocycles. The lowest BCUT2D eigenvalue weighted by Gasteiger charge is -2.45. The van der Waals surface area contributed by atoms with Gasteiger partial charge in [-0.2, -0.15) is 5.26 Å². The van der Waals surface area contributed by atoms with E-state index in [1.807, 2.05) is 24.0 Å². The molecule has 2 saturated heterocycles. The summed E-state index contributed by atoms with van der Waals surface area (Å²) in [5.41, 5.74) is 2.01. The minimum absolute atomic E-state index is 0.0516. The highest BCUT2D eigenvalue weighted by Crippen LogP contribution is 2.28. The van der Waals surface area contributed by atoms with Crippen LogP contribution < -0.4 is 10.6 Å². The van der Waals surface area contributed by atoms with Crippen LogP contribution >= 0.6 is 0 Å². The Hall–Kier alpha value is -2.59. The van der Waals surface area contributed by atoms with Crippen LogP contribution in [0, 0.1) is 23.2 Å². The average Bonchev–Trinajstić information content (AvgIpc) is 2.78. The second-order valence-electron chi connectivity index (χ2n) is 8.91. The van der Waals surface area contributed by atoms with Gasteiger partial charge in [0.15, 0.2) is 0 Å². The molecule has 2 atom stereocenters. The van der Waals surface area contributed by atoms with Gasteiger partial charge >= 0.3 is 6.03 Å². The summed E-state index contributed by atoms with van der Waals surface area (Å²) in [6, 6.07) is 9.93. The summed E-state index contributed by atoms with van der Waals surface area (Å²) in [5.74, 6) is 0.913. The van der Waals surface area contributed by atoms with E-state index in [0.29, 0.717) is 23.9 Å². The summed E-state index contributed by atoms with van der Waals surface area (Å²) in [4.78, 5) is 28.6. The number of nitriles is 1. The number of aryl methyl sites for hydroxylation is 1. The van der Waals surface area contributed by atoms with Crippen LogP contribution in [0.4, 0.5) is 4.79 Å². The molecule has 0 aliphatic carbocycles. The van der Waals surface area contributed by atoms with E-state index in [4.69, 9.17) is 5.26 Å². The Balaban J connectivity index is 1.34. The molecule has 2 heterocycles. The van der Waals surface area contributed by atoms with Gasteiger partial charge in [0.2, 0.25) is 5.91 Å². The number of nitrogens with one attached hydrogen (secondary N) is 2. The Bertz CT molecular complexity index is 759. The molecule has 7 heteroatoms. The number of carbonyl (C=O) groups excluding carboxylic acids is 2. The Kier molecular flexibility index (Phi) is 8.72. The SMILES string of the molecule is CCCNC(=O)CNC(=O)N1CC2CC(CN(CCCCc3ccc(C#N)cc3)C2)C1. The third kappa shape index (κ3) is 7.25. The number of nitrogens with zero attached hydrogens (tertiary/aromatic N) is 3. The normalized spacial score (nSPS) is 20.7. The molecule has 0 aromatic heterocycles. The highest BCUT2D eigenvalue weighted by Gasteiger charge is 2.35. The standard InChI is InChI=1S/C24H35N5O2/c1-2-10-26-23(30)14-27-24(31)29-17-21-12-22(18-29)16-28(15-21)11-4-3-5-19-6-8-20(13-25)9-7-19/h6-9,21-22H,2-5,10-12,14-18H2,1H3,(H,26,30)(H,27,31). The van der Waals surface area contributed by atoms with Gasteiger partial charge in [-0.3, -0.25) is 4.79 Å². The van der Waals surface area contributed by atoms with Crippen LogP contribution in [0.1, 0.15) is 43.7 Å². The summed E-state index contributed by atoms with van der Waals surface area (Å²) in [7, 11) is 0. The zero-order valence-corrected chi connectivity index (χ0v) is 18.6. The van der Waals surface area contributed by atoms with E-state index in [1.54, 1.807) is 0 Å². The highest BCUT2D eigenvalue weighted by molar-refractivity contribution is 5.83. The number of benzene rings is 1. The fourth-order valence-corrected chi connectivity index (χ4v) is 4.74. The summed E-state index contributed by atoms with van der Waals surface area (Å²) in [5, 5.41) is 14.4. The summed E-state index contributed by atoms with van der Waals surface area (Å²) in [6.45, 7) is 7.46. The van der Waals surface area contributed by atoms with Crippen molar-refractivity contribution in [3.8, 4) is 6.07 Å². The highest BCUT2D eigenvalue weighted by atomic mass is 16.2. The van der Waals surface area contributed by atoms with Crippen molar-refractivity contribution in [2.45, 2.75) is 39.0 Å². The second kappa shape index (κ2) is 11.7. The van der Waals surface area contributed by atoms with Gasteiger partial charge in [-0.05, 0) is 68.2 Å². The fourth-order valence-electron chi connectivity index (χ4n) is 4.74. The number of fused-ring (bicyclic) bond motifs is 2. The Labute approximate surface area is 185 Å². The molecular formula is C24H35N5O2. The molecule has 0 spiro atoms. The third-order valence-electron chi connectivity index (χ3n) is 6.19. The maximum absolute atomic E-state index is 12.5. The number of urea groups is 1. The van der Waals surface area contributed by atoms with Crippen molar-refractivity contribution in [1.29, 1.82) is 5.26 Å². The largest absolute Gasteiger partial charge is 0.355 e. The van der Waals surface area contributed by atoms with Crippen LogP contribution in [0.3, 0.4) is 0 Å². The molecule has 3 rings (SSSR count). The first-order valence-electron chi connectivity index (χ1n) is 11.6. The number of rotatable bonds is 9. The van der Waals surface area contributed by atoms with Crippen molar-refractivity contribution in [1.82, 2.24) is 20.4 Å². The quantitative estimate of drug-likeness (QED) is 0.595. The molecule has 1 aromatic rings. The van der Waals surface area contributed by atoms with E-state index in [1.165, 1.54) is 12.0 Å². The van der Waals surface area contributed by atoms with Gasteiger partial charge in [0.25, 0.3) is 0 Å². The molecule has 2 fully saturated rings. The van der Waals surface area contributed by atoms with E-state index < -0.39 is 0 Å². The van der Waals surface area contributed by atoms with Gasteiger partial charge in [0.1, 0.15) is 0 Å². The van der Waals surface area contributed by atoms with Crippen LogP contribution in [0.15, 0.2) is 24.3 Å². The lowest BCUT2D eigenvalue weighted by molar-refractivity contribution is -0.120. The Morgan fingerprint density at radius 3 is 2.42 bits per heavy atom. The van der Waals surface area contributed by atoms with E-state index in [-0.39, 0.29) is 18.5 Å². The average molecular weight is 426 g/mol. The summed E-state index contributed by atoms with van der Waals surface area (Å²) >= 11 is 0. The van der Waals surface area contributed by atoms with Crippen molar-refractivity contribution >= 4 is 11.9 Å². The molecule has 168 valence electrons. The predicted octanol–water partition coefficient (Wildman–Crippen LogP) is 2.37. The maximum atomic E-state index is 12.5. The van der Waals surface area contributed by atoms with Crippen LogP contribution in [0.2, 0.25) is 0 Å². The van der Waals surface area contributed by atoms with Crippen molar-refractivity contribution in [2.75, 3.05) is 45.8 Å². The topological polar surface area (TPSA) is 88.5 Å². The minimum Gasteiger partial charge on any atom is -0.355 e. The summed E-state index contributed by atoms with van der Waals surface area (Å²) < 4.78 is 0. The van der Waals surface area contributed by atoms with Crippen molar-refractivity contribution < 1.29 is 9.59 Å². The van der Waals surface area contributed by atoms with Crippen LogP contribution in [0.25, 0.3) is 0 Å². The molecular weight excluding hydrogens is 390 g/mol. The molecule has 2 N–H and O–H groups in total. The van der Waals surface area contributed by atoms with Gasteiger partial charge in [-0.25, -0.2) is 4.79 Å². The molecule has 2 unspecified atom stereocenters. The Morgan fingerprint density at radius 1 is 1.06 bits per heavy atom. The number of hydrogen-bond donors (Lipinski definition) is 2. The number of likely N-dealkylation sites (tertiary alicyclic amines) is 2. The molecule has 0 saturated carbocycles. The van der Waals surface area contributed by atoms with Crippen molar-refractivity contribution in [3.05, 3.63) is 35.4 Å². The molecule has 0 radical (unpaired) electrons. The van der Waals surface area contributed by atoms with Crippen molar-refractivity contribution in [3.63, 3.8) is 0 Å². The lowest BCUT2D eigenvalue weighted by atomic mass is 9.84. The lowest BCUT2D eigenvalue weighted by Crippen LogP contribution is -2.56. The molecule has 7 nitrogen and oxygen atoms in total. The number of unbranched alkanes of at least 4 members (excludes halogenated alkanes) is 1. The van der Waals surface area contributed by atoms with E-state index in [9.17, 15) is 9.59 Å². The second-order valence-corrected chi connectivity index (χ2v) is 8.91. The molecule has 3 amide bonds. The first kappa shape index (κ1) is 23.1. The number of hydrogen-bond acceptors (Lipinski definition) is 4. The van der Waals surface area contributed by atoms with Gasteiger partial charge in [0, 0.05) is 32.7 Å². The number of piperidine rings is 2. The third-order valence-corrected chi connectivity index (χ3v) is 6.19. The van der Waals surface area contributed by atoms with E-state index >= 15 is 0 Å². The van der Waals surface area contributed by atoms with Crippen molar-refractivity contribution in [2.24, 2.45) is 11.8 Å². The molecule has 1 aromatic carbocycles. The zero-order chi connectivity index (χ0) is 22.1. The van der Waals surface area contributed by atoms with Gasteiger partial charge in [-0.15, -0.1) is 0 Å². The van der Waals surface area contributed by atoms with E-state index in [0.717, 1.165) is 58.4 Å². The fraction of sp³-hybridized carbons (Fsp3) is 0.625. The van der Waals surface area contributed by atoms with E-state index in [2.05, 4.69) is 33.7 Å². The first-order valence-corrected chi connectivity index (χ1v) is 11.6. The minimum atomic E-state index is -0.125. The smallest absolute Gasteiger partial charge is 0.317 e. The molecule has 2 bridgehead atoms. The van der Waals surface area contributed by atoms with Crippen LogP contribution in [-0.2, 0) is 11.2 Å².